The molecule has 0 spiro atoms. The number of rotatable bonds is 5. The summed E-state index contributed by atoms with van der Waals surface area (Å²) < 4.78 is 5.40. The smallest absolute Gasteiger partial charge is 0.306 e. The predicted octanol–water partition coefficient (Wildman–Crippen LogP) is 4.16. The van der Waals surface area contributed by atoms with Crippen LogP contribution in [0.25, 0.3) is 21.9 Å². The molecule has 0 radical (unpaired) electrons. The van der Waals surface area contributed by atoms with E-state index >= 15 is 0 Å². The van der Waals surface area contributed by atoms with Gasteiger partial charge in [0.15, 0.2) is 0 Å². The van der Waals surface area contributed by atoms with Crippen molar-refractivity contribution in [1.29, 1.82) is 0 Å². The number of carbonyl (C=O) groups is 1. The molecule has 4 rings (SSSR count). The molecule has 4 aromatic rings. The first-order chi connectivity index (χ1) is 13.2. The number of benzene rings is 2. The molecule has 0 saturated heterocycles. The van der Waals surface area contributed by atoms with E-state index in [-0.39, 0.29) is 19.0 Å². The molecule has 0 aliphatic rings. The molecule has 0 saturated carbocycles. The Balaban J connectivity index is 1.37. The lowest BCUT2D eigenvalue weighted by molar-refractivity contribution is -0.145. The molecule has 0 fully saturated rings. The van der Waals surface area contributed by atoms with Gasteiger partial charge in [0.25, 0.3) is 0 Å². The van der Waals surface area contributed by atoms with Crippen LogP contribution >= 0.6 is 0 Å². The van der Waals surface area contributed by atoms with Gasteiger partial charge >= 0.3 is 5.97 Å². The number of aromatic nitrogens is 3. The summed E-state index contributed by atoms with van der Waals surface area (Å²) in [4.78, 5) is 25.8. The van der Waals surface area contributed by atoms with Crippen molar-refractivity contribution in [1.82, 2.24) is 15.0 Å². The molecule has 2 aromatic carbocycles. The van der Waals surface area contributed by atoms with Crippen molar-refractivity contribution in [3.63, 3.8) is 0 Å². The molecule has 134 valence electrons. The van der Waals surface area contributed by atoms with Crippen molar-refractivity contribution in [2.24, 2.45) is 0 Å². The van der Waals surface area contributed by atoms with Crippen molar-refractivity contribution in [2.75, 3.05) is 0 Å². The van der Waals surface area contributed by atoms with E-state index < -0.39 is 0 Å². The molecule has 5 heteroatoms. The Morgan fingerprint density at radius 1 is 0.852 bits per heavy atom. The summed E-state index contributed by atoms with van der Waals surface area (Å²) in [5.74, 6) is -0.265. The summed E-state index contributed by atoms with van der Waals surface area (Å²) in [6.07, 6.45) is 0.831. The number of para-hydroxylation sites is 3. The van der Waals surface area contributed by atoms with Crippen LogP contribution in [0.15, 0.2) is 60.7 Å². The van der Waals surface area contributed by atoms with Gasteiger partial charge in [0, 0.05) is 17.5 Å². The van der Waals surface area contributed by atoms with Crippen molar-refractivity contribution in [3.8, 4) is 0 Å². The van der Waals surface area contributed by atoms with Gasteiger partial charge in [0.1, 0.15) is 6.61 Å². The fraction of sp³-hybridized carbons (Fsp3) is 0.182. The summed E-state index contributed by atoms with van der Waals surface area (Å²) in [5, 5.41) is 1.09. The van der Waals surface area contributed by atoms with Gasteiger partial charge in [-0.2, -0.15) is 0 Å². The number of ether oxygens (including phenoxy) is 1. The Morgan fingerprint density at radius 2 is 1.56 bits per heavy atom. The fourth-order valence-electron chi connectivity index (χ4n) is 2.96. The van der Waals surface area contributed by atoms with Gasteiger partial charge in [-0.25, -0.2) is 9.97 Å². The number of nitrogens with zero attached hydrogens (tertiary/aromatic N) is 3. The van der Waals surface area contributed by atoms with E-state index in [0.29, 0.717) is 12.1 Å². The molecule has 0 aliphatic heterocycles. The number of esters is 1. The van der Waals surface area contributed by atoms with Crippen LogP contribution < -0.4 is 0 Å². The van der Waals surface area contributed by atoms with Crippen LogP contribution in [-0.4, -0.2) is 20.9 Å². The molecule has 0 atom stereocenters. The largest absolute Gasteiger partial charge is 0.459 e. The molecule has 0 bridgehead atoms. The summed E-state index contributed by atoms with van der Waals surface area (Å²) in [7, 11) is 0. The maximum Gasteiger partial charge on any atom is 0.306 e. The zero-order valence-electron chi connectivity index (χ0n) is 15.1. The summed E-state index contributed by atoms with van der Waals surface area (Å²) in [6.45, 7) is 2.01. The van der Waals surface area contributed by atoms with Crippen LogP contribution in [0.1, 0.15) is 23.5 Å². The quantitative estimate of drug-likeness (QED) is 0.502. The Morgan fingerprint density at radius 3 is 2.37 bits per heavy atom. The maximum absolute atomic E-state index is 12.1. The van der Waals surface area contributed by atoms with E-state index in [1.165, 1.54) is 0 Å². The van der Waals surface area contributed by atoms with Crippen LogP contribution in [0.2, 0.25) is 0 Å². The zero-order chi connectivity index (χ0) is 18.6. The normalized spacial score (nSPS) is 11.0. The fourth-order valence-corrected chi connectivity index (χ4v) is 2.96. The van der Waals surface area contributed by atoms with E-state index in [0.717, 1.165) is 33.3 Å². The van der Waals surface area contributed by atoms with Crippen molar-refractivity contribution >= 4 is 27.9 Å². The maximum atomic E-state index is 12.1. The molecule has 27 heavy (non-hydrogen) atoms. The van der Waals surface area contributed by atoms with Gasteiger partial charge in [0.05, 0.1) is 34.4 Å². The standard InChI is InChI=1S/C22H19N3O2/c1-15-21(25-20-9-5-4-8-19(20)23-15)14-27-22(26)13-12-17-11-10-16-6-2-3-7-18(16)24-17/h2-11H,12-14H2,1H3. The lowest BCUT2D eigenvalue weighted by Gasteiger charge is -2.08. The summed E-state index contributed by atoms with van der Waals surface area (Å²) in [6, 6.07) is 19.6. The van der Waals surface area contributed by atoms with Gasteiger partial charge in [0.2, 0.25) is 0 Å². The molecule has 0 N–H and O–H groups in total. The Kier molecular flexibility index (Phi) is 4.75. The van der Waals surface area contributed by atoms with Gasteiger partial charge in [-0.1, -0.05) is 36.4 Å². The number of hydrogen-bond donors (Lipinski definition) is 0. The van der Waals surface area contributed by atoms with Crippen LogP contribution in [0.3, 0.4) is 0 Å². The Labute approximate surface area is 157 Å². The minimum atomic E-state index is -0.265. The van der Waals surface area contributed by atoms with E-state index in [4.69, 9.17) is 4.74 Å². The molecule has 5 nitrogen and oxygen atoms in total. The second-order valence-corrected chi connectivity index (χ2v) is 6.40. The summed E-state index contributed by atoms with van der Waals surface area (Å²) in [5.41, 5.74) is 4.92. The Hall–Kier alpha value is -3.34. The zero-order valence-corrected chi connectivity index (χ0v) is 15.1. The van der Waals surface area contributed by atoms with Gasteiger partial charge in [-0.3, -0.25) is 9.78 Å². The highest BCUT2D eigenvalue weighted by atomic mass is 16.5. The Bertz CT molecular complexity index is 1120. The SMILES string of the molecule is Cc1nc2ccccc2nc1COC(=O)CCc1ccc2ccccc2n1. The van der Waals surface area contributed by atoms with Crippen molar-refractivity contribution in [2.45, 2.75) is 26.4 Å². The first-order valence-electron chi connectivity index (χ1n) is 8.91. The average molecular weight is 357 g/mol. The highest BCUT2D eigenvalue weighted by Crippen LogP contribution is 2.15. The number of carbonyl (C=O) groups excluding carboxylic acids is 1. The first kappa shape index (κ1) is 17.1. The second-order valence-electron chi connectivity index (χ2n) is 6.40. The van der Waals surface area contributed by atoms with Crippen LogP contribution in [0, 0.1) is 6.92 Å². The van der Waals surface area contributed by atoms with E-state index in [1.807, 2.05) is 67.6 Å². The summed E-state index contributed by atoms with van der Waals surface area (Å²) >= 11 is 0. The average Bonchev–Trinajstić information content (AvgIpc) is 2.70. The molecule has 0 unspecified atom stereocenters. The number of hydrogen-bond acceptors (Lipinski definition) is 5. The first-order valence-corrected chi connectivity index (χ1v) is 8.91. The van der Waals surface area contributed by atoms with Crippen LogP contribution in [0.4, 0.5) is 0 Å². The molecule has 0 amide bonds. The van der Waals surface area contributed by atoms with Gasteiger partial charge in [-0.15, -0.1) is 0 Å². The number of pyridine rings is 1. The highest BCUT2D eigenvalue weighted by molar-refractivity contribution is 5.78. The topological polar surface area (TPSA) is 65.0 Å². The molecular weight excluding hydrogens is 338 g/mol. The van der Waals surface area contributed by atoms with Crippen LogP contribution in [-0.2, 0) is 22.6 Å². The molecule has 2 heterocycles. The van der Waals surface area contributed by atoms with Gasteiger partial charge < -0.3 is 4.74 Å². The third-order valence-corrected chi connectivity index (χ3v) is 4.45. The third-order valence-electron chi connectivity index (χ3n) is 4.45. The van der Waals surface area contributed by atoms with Gasteiger partial charge in [-0.05, 0) is 31.2 Å². The van der Waals surface area contributed by atoms with Crippen molar-refractivity contribution < 1.29 is 9.53 Å². The second kappa shape index (κ2) is 7.50. The minimum Gasteiger partial charge on any atom is -0.459 e. The predicted molar refractivity (Wildman–Crippen MR) is 104 cm³/mol. The highest BCUT2D eigenvalue weighted by Gasteiger charge is 2.10. The third kappa shape index (κ3) is 3.92. The lowest BCUT2D eigenvalue weighted by Crippen LogP contribution is -2.09. The number of aryl methyl sites for hydroxylation is 2. The van der Waals surface area contributed by atoms with Crippen LogP contribution in [0.5, 0.6) is 0 Å². The molecule has 0 aliphatic carbocycles. The molecular formula is C22H19N3O2. The minimum absolute atomic E-state index is 0.133. The lowest BCUT2D eigenvalue weighted by atomic mass is 10.1. The van der Waals surface area contributed by atoms with E-state index in [9.17, 15) is 4.79 Å². The van der Waals surface area contributed by atoms with E-state index in [2.05, 4.69) is 15.0 Å². The van der Waals surface area contributed by atoms with Crippen molar-refractivity contribution in [3.05, 3.63) is 77.7 Å². The molecule has 2 aromatic heterocycles. The van der Waals surface area contributed by atoms with E-state index in [1.54, 1.807) is 0 Å². The number of fused-ring (bicyclic) bond motifs is 2. The monoisotopic (exact) mass is 357 g/mol.